The van der Waals surface area contributed by atoms with Crippen molar-refractivity contribution in [2.45, 2.75) is 52.4 Å². The summed E-state index contributed by atoms with van der Waals surface area (Å²) in [6, 6.07) is 51.6. The Bertz CT molecular complexity index is 2840. The highest BCUT2D eigenvalue weighted by Crippen LogP contribution is 2.54. The number of hydrogen-bond acceptors (Lipinski definition) is 2. The van der Waals surface area contributed by atoms with Crippen molar-refractivity contribution in [2.75, 3.05) is 4.90 Å². The number of aryl methyl sites for hydroxylation is 1. The SMILES string of the molecule is C=C.CC1=C(c2oc3ccccc3c2C)c2cc(N(c3ccc4c(c3)C(C)(C)c3ccccc3-4)c3cc4ccccc4c4ccccc34)ccc2C1(C)C. The third kappa shape index (κ3) is 4.72. The molecule has 264 valence electrons. The highest BCUT2D eigenvalue weighted by Gasteiger charge is 2.39. The molecule has 2 nitrogen and oxygen atoms in total. The zero-order valence-corrected chi connectivity index (χ0v) is 32.0. The first-order chi connectivity index (χ1) is 26.1. The van der Waals surface area contributed by atoms with Crippen LogP contribution >= 0.6 is 0 Å². The van der Waals surface area contributed by atoms with Crippen molar-refractivity contribution in [1.82, 2.24) is 0 Å². The van der Waals surface area contributed by atoms with Crippen LogP contribution in [0.15, 0.2) is 163 Å². The molecule has 0 unspecified atom stereocenters. The maximum absolute atomic E-state index is 6.71. The van der Waals surface area contributed by atoms with Gasteiger partial charge in [0.25, 0.3) is 0 Å². The summed E-state index contributed by atoms with van der Waals surface area (Å²) in [4.78, 5) is 2.50. The Morgan fingerprint density at radius 3 is 1.87 bits per heavy atom. The molecule has 0 amide bonds. The third-order valence-corrected chi connectivity index (χ3v) is 12.4. The predicted octanol–water partition coefficient (Wildman–Crippen LogP) is 14.7. The molecule has 2 heteroatoms. The lowest BCUT2D eigenvalue weighted by atomic mass is 9.82. The van der Waals surface area contributed by atoms with Crippen LogP contribution in [0, 0.1) is 6.92 Å². The second kappa shape index (κ2) is 12.2. The van der Waals surface area contributed by atoms with Crippen molar-refractivity contribution in [1.29, 1.82) is 0 Å². The number of nitrogens with zero attached hydrogens (tertiary/aromatic N) is 1. The highest BCUT2D eigenvalue weighted by molar-refractivity contribution is 6.14. The Labute approximate surface area is 318 Å². The number of para-hydroxylation sites is 1. The van der Waals surface area contributed by atoms with E-state index in [2.05, 4.69) is 199 Å². The molecule has 0 bridgehead atoms. The second-order valence-corrected chi connectivity index (χ2v) is 15.8. The summed E-state index contributed by atoms with van der Waals surface area (Å²) >= 11 is 0. The maximum atomic E-state index is 6.71. The van der Waals surface area contributed by atoms with Gasteiger partial charge in [-0.15, -0.1) is 13.2 Å². The van der Waals surface area contributed by atoms with E-state index in [1.54, 1.807) is 0 Å². The molecule has 0 aliphatic heterocycles. The van der Waals surface area contributed by atoms with Crippen molar-refractivity contribution in [3.05, 3.63) is 192 Å². The van der Waals surface area contributed by atoms with Crippen LogP contribution in [0.1, 0.15) is 68.2 Å². The third-order valence-electron chi connectivity index (χ3n) is 12.4. The summed E-state index contributed by atoms with van der Waals surface area (Å²) in [5.74, 6) is 0.974. The minimum atomic E-state index is -0.140. The standard InChI is InChI=1S/C50H41NO.C2H4/c1-30-35-16-12-14-22-46(35)52-48(30)47-31(2)49(3,4)43-26-24-33(28-41(43)47)51(45-27-32-15-7-8-17-36(32)37-18-9-10-20-40(37)45)34-23-25-39-38-19-11-13-21-42(38)50(5,6)44(39)29-34;1-2/h7-29H,1-6H3;1-2H2. The molecule has 0 fully saturated rings. The molecule has 1 aromatic heterocycles. The van der Waals surface area contributed by atoms with Gasteiger partial charge in [0.2, 0.25) is 0 Å². The number of benzene rings is 7. The molecule has 7 aromatic carbocycles. The van der Waals surface area contributed by atoms with Crippen LogP contribution in [-0.2, 0) is 10.8 Å². The first-order valence-corrected chi connectivity index (χ1v) is 18.9. The Hall–Kier alpha value is -6.12. The van der Waals surface area contributed by atoms with E-state index < -0.39 is 0 Å². The van der Waals surface area contributed by atoms with E-state index >= 15 is 0 Å². The lowest BCUT2D eigenvalue weighted by Crippen LogP contribution is -2.17. The molecule has 2 aliphatic carbocycles. The molecule has 0 atom stereocenters. The van der Waals surface area contributed by atoms with Crippen molar-refractivity contribution < 1.29 is 4.42 Å². The fraction of sp³-hybridized carbons (Fsp3) is 0.154. The van der Waals surface area contributed by atoms with Crippen LogP contribution in [0.5, 0.6) is 0 Å². The summed E-state index contributed by atoms with van der Waals surface area (Å²) < 4.78 is 6.71. The maximum Gasteiger partial charge on any atom is 0.138 e. The van der Waals surface area contributed by atoms with Gasteiger partial charge >= 0.3 is 0 Å². The van der Waals surface area contributed by atoms with Gasteiger partial charge in [-0.25, -0.2) is 0 Å². The smallest absolute Gasteiger partial charge is 0.138 e. The van der Waals surface area contributed by atoms with Crippen molar-refractivity contribution in [3.63, 3.8) is 0 Å². The lowest BCUT2D eigenvalue weighted by Gasteiger charge is -2.30. The molecule has 2 aliphatic rings. The second-order valence-electron chi connectivity index (χ2n) is 15.8. The fourth-order valence-corrected chi connectivity index (χ4v) is 9.32. The van der Waals surface area contributed by atoms with E-state index in [-0.39, 0.29) is 10.8 Å². The van der Waals surface area contributed by atoms with Crippen LogP contribution in [0.2, 0.25) is 0 Å². The molecular formula is C52H45NO. The van der Waals surface area contributed by atoms with Gasteiger partial charge in [0.1, 0.15) is 11.3 Å². The zero-order chi connectivity index (χ0) is 37.5. The Kier molecular flexibility index (Phi) is 7.62. The van der Waals surface area contributed by atoms with Gasteiger partial charge in [-0.05, 0) is 99.8 Å². The van der Waals surface area contributed by atoms with Crippen LogP contribution < -0.4 is 4.90 Å². The van der Waals surface area contributed by atoms with Crippen molar-refractivity contribution >= 4 is 55.1 Å². The molecule has 10 rings (SSSR count). The van der Waals surface area contributed by atoms with Crippen molar-refractivity contribution in [3.8, 4) is 11.1 Å². The first-order valence-electron chi connectivity index (χ1n) is 18.9. The van der Waals surface area contributed by atoms with Gasteiger partial charge < -0.3 is 9.32 Å². The van der Waals surface area contributed by atoms with E-state index in [9.17, 15) is 0 Å². The largest absolute Gasteiger partial charge is 0.456 e. The van der Waals surface area contributed by atoms with E-state index in [1.807, 2.05) is 0 Å². The number of furan rings is 1. The minimum absolute atomic E-state index is 0.118. The molecule has 54 heavy (non-hydrogen) atoms. The fourth-order valence-electron chi connectivity index (χ4n) is 9.32. The van der Waals surface area contributed by atoms with E-state index in [1.165, 1.54) is 82.7 Å². The summed E-state index contributed by atoms with van der Waals surface area (Å²) in [7, 11) is 0. The molecule has 8 aromatic rings. The average Bonchev–Trinajstić information content (AvgIpc) is 3.72. The van der Waals surface area contributed by atoms with Crippen LogP contribution in [0.4, 0.5) is 17.1 Å². The molecule has 1 heterocycles. The Morgan fingerprint density at radius 2 is 1.09 bits per heavy atom. The Morgan fingerprint density at radius 1 is 0.500 bits per heavy atom. The average molecular weight is 700 g/mol. The first kappa shape index (κ1) is 33.7. The summed E-state index contributed by atoms with van der Waals surface area (Å²) in [5.41, 5.74) is 15.8. The van der Waals surface area contributed by atoms with Gasteiger partial charge in [-0.3, -0.25) is 0 Å². The summed E-state index contributed by atoms with van der Waals surface area (Å²) in [6.45, 7) is 19.9. The molecular weight excluding hydrogens is 655 g/mol. The number of allylic oxidation sites excluding steroid dienone is 1. The zero-order valence-electron chi connectivity index (χ0n) is 32.0. The summed E-state index contributed by atoms with van der Waals surface area (Å²) in [6.07, 6.45) is 0. The van der Waals surface area contributed by atoms with Crippen LogP contribution in [-0.4, -0.2) is 0 Å². The van der Waals surface area contributed by atoms with E-state index in [4.69, 9.17) is 4.42 Å². The van der Waals surface area contributed by atoms with Crippen LogP contribution in [0.3, 0.4) is 0 Å². The quantitative estimate of drug-likeness (QED) is 0.134. The minimum Gasteiger partial charge on any atom is -0.456 e. The normalized spacial score (nSPS) is 14.9. The van der Waals surface area contributed by atoms with Gasteiger partial charge in [0, 0.05) is 44.1 Å². The van der Waals surface area contributed by atoms with Gasteiger partial charge in [0.15, 0.2) is 0 Å². The van der Waals surface area contributed by atoms with Gasteiger partial charge in [0.05, 0.1) is 5.69 Å². The van der Waals surface area contributed by atoms with Crippen molar-refractivity contribution in [2.24, 2.45) is 0 Å². The van der Waals surface area contributed by atoms with Gasteiger partial charge in [-0.2, -0.15) is 0 Å². The summed E-state index contributed by atoms with van der Waals surface area (Å²) in [5, 5.41) is 6.15. The highest BCUT2D eigenvalue weighted by atomic mass is 16.3. The number of fused-ring (bicyclic) bond motifs is 8. The van der Waals surface area contributed by atoms with E-state index in [0.717, 1.165) is 22.7 Å². The molecule has 0 N–H and O–H groups in total. The topological polar surface area (TPSA) is 16.4 Å². The molecule has 0 spiro atoms. The van der Waals surface area contributed by atoms with Crippen LogP contribution in [0.25, 0.3) is 49.2 Å². The predicted molar refractivity (Wildman–Crippen MR) is 231 cm³/mol. The Balaban J connectivity index is 0.00000189. The monoisotopic (exact) mass is 699 g/mol. The van der Waals surface area contributed by atoms with E-state index in [0.29, 0.717) is 0 Å². The number of anilines is 3. The molecule has 0 saturated carbocycles. The number of hydrogen-bond donors (Lipinski definition) is 0. The number of rotatable bonds is 4. The molecule has 0 saturated heterocycles. The van der Waals surface area contributed by atoms with Gasteiger partial charge in [-0.1, -0.05) is 136 Å². The lowest BCUT2D eigenvalue weighted by molar-refractivity contribution is 0.594. The molecule has 0 radical (unpaired) electrons.